The second-order valence-electron chi connectivity index (χ2n) is 3.61. The van der Waals surface area contributed by atoms with Gasteiger partial charge in [-0.1, -0.05) is 15.9 Å². The topological polar surface area (TPSA) is 61.5 Å². The molecule has 5 heteroatoms. The summed E-state index contributed by atoms with van der Waals surface area (Å²) in [5.74, 6) is 0.472. The number of nitrogens with two attached hydrogens (primary N) is 1. The third-order valence-electron chi connectivity index (χ3n) is 2.48. The first-order valence-corrected chi connectivity index (χ1v) is 6.03. The van der Waals surface area contributed by atoms with Crippen molar-refractivity contribution in [3.05, 3.63) is 28.2 Å². The fourth-order valence-corrected chi connectivity index (χ4v) is 1.90. The SMILES string of the molecule is COC(=O)CCC(N)c1cc(Br)ccc1OC. The van der Waals surface area contributed by atoms with Crippen LogP contribution in [0.1, 0.15) is 24.4 Å². The van der Waals surface area contributed by atoms with Gasteiger partial charge in [-0.15, -0.1) is 0 Å². The van der Waals surface area contributed by atoms with Crippen molar-refractivity contribution >= 4 is 21.9 Å². The van der Waals surface area contributed by atoms with Gasteiger partial charge in [0.2, 0.25) is 0 Å². The van der Waals surface area contributed by atoms with Crippen LogP contribution in [0.15, 0.2) is 22.7 Å². The number of benzene rings is 1. The molecule has 1 aromatic carbocycles. The van der Waals surface area contributed by atoms with Gasteiger partial charge >= 0.3 is 5.97 Å². The molecule has 0 aliphatic carbocycles. The molecule has 0 aliphatic rings. The van der Waals surface area contributed by atoms with Gasteiger partial charge in [0, 0.05) is 22.5 Å². The van der Waals surface area contributed by atoms with E-state index in [0.29, 0.717) is 12.8 Å². The Morgan fingerprint density at radius 3 is 2.76 bits per heavy atom. The standard InChI is InChI=1S/C12H16BrNO3/c1-16-11-5-3-8(13)7-9(11)10(14)4-6-12(15)17-2/h3,5,7,10H,4,6,14H2,1-2H3. The van der Waals surface area contributed by atoms with Gasteiger partial charge in [-0.25, -0.2) is 0 Å². The van der Waals surface area contributed by atoms with Crippen molar-refractivity contribution in [1.82, 2.24) is 0 Å². The summed E-state index contributed by atoms with van der Waals surface area (Å²) < 4.78 is 10.8. The molecule has 1 aromatic rings. The zero-order valence-corrected chi connectivity index (χ0v) is 11.5. The fourth-order valence-electron chi connectivity index (χ4n) is 1.53. The van der Waals surface area contributed by atoms with E-state index in [4.69, 9.17) is 10.5 Å². The van der Waals surface area contributed by atoms with E-state index >= 15 is 0 Å². The average Bonchev–Trinajstić information content (AvgIpc) is 2.35. The molecule has 0 aliphatic heterocycles. The van der Waals surface area contributed by atoms with Crippen LogP contribution in [0.25, 0.3) is 0 Å². The molecule has 0 aromatic heterocycles. The van der Waals surface area contributed by atoms with Crippen molar-refractivity contribution in [3.8, 4) is 5.75 Å². The normalized spacial score (nSPS) is 12.0. The van der Waals surface area contributed by atoms with Crippen LogP contribution in [0.3, 0.4) is 0 Å². The van der Waals surface area contributed by atoms with Crippen molar-refractivity contribution in [2.75, 3.05) is 14.2 Å². The molecule has 0 saturated heterocycles. The number of ether oxygens (including phenoxy) is 2. The zero-order valence-electron chi connectivity index (χ0n) is 9.90. The Balaban J connectivity index is 2.76. The summed E-state index contributed by atoms with van der Waals surface area (Å²) >= 11 is 3.38. The predicted molar refractivity (Wildman–Crippen MR) is 68.9 cm³/mol. The van der Waals surface area contributed by atoms with E-state index in [1.54, 1.807) is 7.11 Å². The van der Waals surface area contributed by atoms with Crippen LogP contribution < -0.4 is 10.5 Å². The van der Waals surface area contributed by atoms with Crippen LogP contribution >= 0.6 is 15.9 Å². The van der Waals surface area contributed by atoms with Crippen molar-refractivity contribution in [2.24, 2.45) is 5.73 Å². The minimum absolute atomic E-state index is 0.249. The molecule has 1 unspecified atom stereocenters. The Morgan fingerprint density at radius 2 is 2.18 bits per heavy atom. The summed E-state index contributed by atoms with van der Waals surface area (Å²) in [7, 11) is 2.97. The van der Waals surface area contributed by atoms with E-state index in [0.717, 1.165) is 15.8 Å². The molecule has 0 saturated carbocycles. The van der Waals surface area contributed by atoms with Gasteiger partial charge in [-0.2, -0.15) is 0 Å². The number of hydrogen-bond acceptors (Lipinski definition) is 4. The van der Waals surface area contributed by atoms with Crippen molar-refractivity contribution in [3.63, 3.8) is 0 Å². The lowest BCUT2D eigenvalue weighted by Crippen LogP contribution is -2.14. The lowest BCUT2D eigenvalue weighted by Gasteiger charge is -2.15. The molecule has 0 bridgehead atoms. The van der Waals surface area contributed by atoms with E-state index in [9.17, 15) is 4.79 Å². The molecular weight excluding hydrogens is 286 g/mol. The first kappa shape index (κ1) is 14.0. The first-order chi connectivity index (χ1) is 8.08. The van der Waals surface area contributed by atoms with Crippen molar-refractivity contribution in [1.29, 1.82) is 0 Å². The van der Waals surface area contributed by atoms with Crippen molar-refractivity contribution in [2.45, 2.75) is 18.9 Å². The summed E-state index contributed by atoms with van der Waals surface area (Å²) in [5.41, 5.74) is 6.92. The minimum Gasteiger partial charge on any atom is -0.496 e. The summed E-state index contributed by atoms with van der Waals surface area (Å²) in [6, 6.07) is 5.38. The summed E-state index contributed by atoms with van der Waals surface area (Å²) in [6.07, 6.45) is 0.826. The molecule has 1 atom stereocenters. The summed E-state index contributed by atoms with van der Waals surface area (Å²) in [6.45, 7) is 0. The molecule has 0 fully saturated rings. The highest BCUT2D eigenvalue weighted by Gasteiger charge is 2.14. The van der Waals surface area contributed by atoms with Crippen LogP contribution in [0.5, 0.6) is 5.75 Å². The maximum atomic E-state index is 11.1. The first-order valence-electron chi connectivity index (χ1n) is 5.24. The number of carbonyl (C=O) groups is 1. The molecule has 0 heterocycles. The summed E-state index contributed by atoms with van der Waals surface area (Å²) in [5, 5.41) is 0. The molecule has 0 amide bonds. The molecule has 2 N–H and O–H groups in total. The van der Waals surface area contributed by atoms with Gasteiger partial charge in [-0.05, 0) is 24.6 Å². The molecule has 4 nitrogen and oxygen atoms in total. The Hall–Kier alpha value is -1.07. The van der Waals surface area contributed by atoms with E-state index in [2.05, 4.69) is 20.7 Å². The van der Waals surface area contributed by atoms with E-state index in [1.165, 1.54) is 7.11 Å². The zero-order chi connectivity index (χ0) is 12.8. The van der Waals surface area contributed by atoms with Crippen LogP contribution in [-0.2, 0) is 9.53 Å². The highest BCUT2D eigenvalue weighted by atomic mass is 79.9. The third-order valence-corrected chi connectivity index (χ3v) is 2.97. The predicted octanol–water partition coefficient (Wildman–Crippen LogP) is 2.41. The lowest BCUT2D eigenvalue weighted by molar-refractivity contribution is -0.140. The van der Waals surface area contributed by atoms with Gasteiger partial charge in [-0.3, -0.25) is 4.79 Å². The molecule has 1 rings (SSSR count). The Bertz CT molecular complexity index is 395. The number of rotatable bonds is 5. The largest absolute Gasteiger partial charge is 0.496 e. The number of halogens is 1. The average molecular weight is 302 g/mol. The second-order valence-corrected chi connectivity index (χ2v) is 4.52. The van der Waals surface area contributed by atoms with E-state index in [-0.39, 0.29) is 12.0 Å². The quantitative estimate of drug-likeness (QED) is 0.849. The highest BCUT2D eigenvalue weighted by molar-refractivity contribution is 9.10. The third kappa shape index (κ3) is 4.02. The Kier molecular flexibility index (Phi) is 5.44. The van der Waals surface area contributed by atoms with E-state index < -0.39 is 0 Å². The van der Waals surface area contributed by atoms with Crippen LogP contribution in [0.4, 0.5) is 0 Å². The number of hydrogen-bond donors (Lipinski definition) is 1. The van der Waals surface area contributed by atoms with Gasteiger partial charge in [0.1, 0.15) is 5.75 Å². The maximum absolute atomic E-state index is 11.1. The lowest BCUT2D eigenvalue weighted by atomic mass is 10.0. The fraction of sp³-hybridized carbons (Fsp3) is 0.417. The van der Waals surface area contributed by atoms with Gasteiger partial charge < -0.3 is 15.2 Å². The number of methoxy groups -OCH3 is 2. The van der Waals surface area contributed by atoms with Crippen LogP contribution in [0.2, 0.25) is 0 Å². The van der Waals surface area contributed by atoms with Gasteiger partial charge in [0.05, 0.1) is 14.2 Å². The smallest absolute Gasteiger partial charge is 0.305 e. The molecule has 17 heavy (non-hydrogen) atoms. The molecule has 0 radical (unpaired) electrons. The number of esters is 1. The molecule has 94 valence electrons. The van der Waals surface area contributed by atoms with E-state index in [1.807, 2.05) is 18.2 Å². The maximum Gasteiger partial charge on any atom is 0.305 e. The monoisotopic (exact) mass is 301 g/mol. The second kappa shape index (κ2) is 6.61. The number of carbonyl (C=O) groups excluding carboxylic acids is 1. The Morgan fingerprint density at radius 1 is 1.47 bits per heavy atom. The van der Waals surface area contributed by atoms with Gasteiger partial charge in [0.25, 0.3) is 0 Å². The van der Waals surface area contributed by atoms with Crippen LogP contribution in [-0.4, -0.2) is 20.2 Å². The summed E-state index contributed by atoms with van der Waals surface area (Å²) in [4.78, 5) is 11.1. The molecular formula is C12H16BrNO3. The Labute approximate surface area is 109 Å². The van der Waals surface area contributed by atoms with Crippen molar-refractivity contribution < 1.29 is 14.3 Å². The van der Waals surface area contributed by atoms with Crippen LogP contribution in [0, 0.1) is 0 Å². The molecule has 0 spiro atoms. The van der Waals surface area contributed by atoms with Gasteiger partial charge in [0.15, 0.2) is 0 Å². The minimum atomic E-state index is -0.255. The highest BCUT2D eigenvalue weighted by Crippen LogP contribution is 2.29.